The van der Waals surface area contributed by atoms with Gasteiger partial charge in [-0.1, -0.05) is 12.1 Å². The lowest BCUT2D eigenvalue weighted by molar-refractivity contribution is 0.595. The van der Waals surface area contributed by atoms with Crippen molar-refractivity contribution in [1.82, 2.24) is 5.32 Å². The molecule has 2 N–H and O–H groups in total. The lowest BCUT2D eigenvalue weighted by atomic mass is 10.2. The van der Waals surface area contributed by atoms with Crippen molar-refractivity contribution in [3.63, 3.8) is 0 Å². The zero-order chi connectivity index (χ0) is 13.8. The van der Waals surface area contributed by atoms with Crippen LogP contribution in [-0.2, 0) is 26.4 Å². The van der Waals surface area contributed by atoms with Gasteiger partial charge in [0.05, 0.1) is 0 Å². The monoisotopic (exact) mass is 292 g/mol. The number of rotatable bonds is 6. The van der Waals surface area contributed by atoms with Gasteiger partial charge in [-0.15, -0.1) is 0 Å². The van der Waals surface area contributed by atoms with E-state index in [2.05, 4.69) is 10.0 Å². The minimum Gasteiger partial charge on any atom is -0.316 e. The molecule has 0 aliphatic heterocycles. The summed E-state index contributed by atoms with van der Waals surface area (Å²) in [5.41, 5.74) is 1.35. The molecule has 102 valence electrons. The molecule has 18 heavy (non-hydrogen) atoms. The molecule has 0 radical (unpaired) electrons. The van der Waals surface area contributed by atoms with Gasteiger partial charge in [-0.3, -0.25) is 4.72 Å². The Morgan fingerprint density at radius 2 is 1.61 bits per heavy atom. The van der Waals surface area contributed by atoms with Gasteiger partial charge in [0.1, 0.15) is 0 Å². The van der Waals surface area contributed by atoms with E-state index in [1.807, 2.05) is 7.05 Å². The van der Waals surface area contributed by atoms with Crippen molar-refractivity contribution in [1.29, 1.82) is 0 Å². The number of anilines is 1. The van der Waals surface area contributed by atoms with Gasteiger partial charge in [-0.05, 0) is 24.7 Å². The first-order chi connectivity index (χ1) is 8.22. The molecule has 0 bridgehead atoms. The number of nitrogens with one attached hydrogen (secondary N) is 2. The third-order valence-electron chi connectivity index (χ3n) is 1.98. The fourth-order valence-electron chi connectivity index (χ4n) is 1.39. The molecule has 1 rings (SSSR count). The van der Waals surface area contributed by atoms with Crippen LogP contribution in [-0.4, -0.2) is 35.2 Å². The summed E-state index contributed by atoms with van der Waals surface area (Å²) in [6.07, 6.45) is 0.877. The third-order valence-corrected chi connectivity index (χ3v) is 5.48. The van der Waals surface area contributed by atoms with Crippen LogP contribution in [0.5, 0.6) is 0 Å². The van der Waals surface area contributed by atoms with Crippen molar-refractivity contribution < 1.29 is 16.8 Å². The fraction of sp³-hybridized carbons (Fsp3) is 0.400. The number of benzene rings is 1. The predicted octanol–water partition coefficient (Wildman–Crippen LogP) is 0.150. The van der Waals surface area contributed by atoms with Crippen molar-refractivity contribution in [2.24, 2.45) is 0 Å². The fourth-order valence-corrected chi connectivity index (χ4v) is 4.37. The van der Waals surface area contributed by atoms with Crippen LogP contribution in [0, 0.1) is 0 Å². The van der Waals surface area contributed by atoms with E-state index in [0.717, 1.165) is 11.8 Å². The first-order valence-electron chi connectivity index (χ1n) is 5.13. The van der Waals surface area contributed by atoms with E-state index in [-0.39, 0.29) is 0 Å². The van der Waals surface area contributed by atoms with Gasteiger partial charge in [0, 0.05) is 18.5 Å². The Morgan fingerprint density at radius 3 is 2.06 bits per heavy atom. The van der Waals surface area contributed by atoms with Crippen molar-refractivity contribution >= 4 is 25.5 Å². The first-order valence-corrected chi connectivity index (χ1v) is 8.85. The highest BCUT2D eigenvalue weighted by molar-refractivity contribution is 8.08. The van der Waals surface area contributed by atoms with E-state index in [4.69, 9.17) is 0 Å². The van der Waals surface area contributed by atoms with Crippen LogP contribution in [0.1, 0.15) is 5.56 Å². The predicted molar refractivity (Wildman–Crippen MR) is 71.5 cm³/mol. The van der Waals surface area contributed by atoms with Gasteiger partial charge in [-0.2, -0.15) is 0 Å². The zero-order valence-electron chi connectivity index (χ0n) is 10.2. The normalized spacial score (nSPS) is 12.3. The van der Waals surface area contributed by atoms with Crippen LogP contribution < -0.4 is 10.0 Å². The quantitative estimate of drug-likeness (QED) is 0.778. The standard InChI is InChI=1S/C10H16N2O4S2/c1-11-7-9-3-5-10(6-4-9)12-18(15,16)8-17(2,13)14/h3-6,11-12H,7-8H2,1-2H3. The van der Waals surface area contributed by atoms with Crippen molar-refractivity contribution in [2.45, 2.75) is 6.54 Å². The summed E-state index contributed by atoms with van der Waals surface area (Å²) in [7, 11) is -5.64. The van der Waals surface area contributed by atoms with Gasteiger partial charge >= 0.3 is 0 Å². The zero-order valence-corrected chi connectivity index (χ0v) is 11.8. The molecule has 8 heteroatoms. The van der Waals surface area contributed by atoms with E-state index < -0.39 is 24.9 Å². The molecule has 0 heterocycles. The minimum atomic E-state index is -3.87. The summed E-state index contributed by atoms with van der Waals surface area (Å²) < 4.78 is 47.2. The SMILES string of the molecule is CNCc1ccc(NS(=O)(=O)CS(C)(=O)=O)cc1. The summed E-state index contributed by atoms with van der Waals surface area (Å²) >= 11 is 0. The maximum absolute atomic E-state index is 11.5. The second-order valence-corrected chi connectivity index (χ2v) is 8.22. The molecule has 1 aromatic rings. The Kier molecular flexibility index (Phi) is 4.71. The maximum Gasteiger partial charge on any atom is 0.247 e. The van der Waals surface area contributed by atoms with Crippen LogP contribution in [0.2, 0.25) is 0 Å². The van der Waals surface area contributed by atoms with Gasteiger partial charge in [0.25, 0.3) is 0 Å². The Bertz CT molecular complexity index is 591. The summed E-state index contributed by atoms with van der Waals surface area (Å²) in [6.45, 7) is 0.677. The number of sulfone groups is 1. The Labute approximate surface area is 107 Å². The molecule has 0 saturated heterocycles. The highest BCUT2D eigenvalue weighted by Crippen LogP contribution is 2.12. The van der Waals surface area contributed by atoms with Crippen molar-refractivity contribution in [3.05, 3.63) is 29.8 Å². The average Bonchev–Trinajstić information content (AvgIpc) is 2.17. The molecule has 0 aliphatic carbocycles. The summed E-state index contributed by atoms with van der Waals surface area (Å²) in [5.74, 6) is 0. The highest BCUT2D eigenvalue weighted by Gasteiger charge is 2.17. The van der Waals surface area contributed by atoms with Crippen LogP contribution >= 0.6 is 0 Å². The van der Waals surface area contributed by atoms with Gasteiger partial charge in [0.15, 0.2) is 14.9 Å². The topological polar surface area (TPSA) is 92.3 Å². The second kappa shape index (κ2) is 5.68. The lowest BCUT2D eigenvalue weighted by Gasteiger charge is -2.07. The molecule has 0 saturated carbocycles. The highest BCUT2D eigenvalue weighted by atomic mass is 32.3. The van der Waals surface area contributed by atoms with E-state index >= 15 is 0 Å². The summed E-state index contributed by atoms with van der Waals surface area (Å²) in [4.78, 5) is 0. The van der Waals surface area contributed by atoms with Crippen LogP contribution in [0.25, 0.3) is 0 Å². The molecular formula is C10H16N2O4S2. The van der Waals surface area contributed by atoms with Crippen molar-refractivity contribution in [2.75, 3.05) is 23.1 Å². The molecule has 0 aliphatic rings. The molecule has 0 atom stereocenters. The van der Waals surface area contributed by atoms with E-state index in [9.17, 15) is 16.8 Å². The number of sulfonamides is 1. The lowest BCUT2D eigenvalue weighted by Crippen LogP contribution is -2.22. The smallest absolute Gasteiger partial charge is 0.247 e. The molecule has 0 unspecified atom stereocenters. The van der Waals surface area contributed by atoms with Gasteiger partial charge in [-0.25, -0.2) is 16.8 Å². The molecule has 0 amide bonds. The van der Waals surface area contributed by atoms with Crippen LogP contribution in [0.15, 0.2) is 24.3 Å². The summed E-state index contributed by atoms with van der Waals surface area (Å²) in [5, 5.41) is 2.05. The largest absolute Gasteiger partial charge is 0.316 e. The third kappa shape index (κ3) is 5.48. The average molecular weight is 292 g/mol. The molecule has 1 aromatic carbocycles. The minimum absolute atomic E-state index is 0.346. The van der Waals surface area contributed by atoms with Crippen LogP contribution in [0.4, 0.5) is 5.69 Å². The number of hydrogen-bond donors (Lipinski definition) is 2. The maximum atomic E-state index is 11.5. The second-order valence-electron chi connectivity index (χ2n) is 3.99. The molecule has 0 fully saturated rings. The van der Waals surface area contributed by atoms with E-state index in [1.165, 1.54) is 0 Å². The van der Waals surface area contributed by atoms with E-state index in [0.29, 0.717) is 12.2 Å². The Balaban J connectivity index is 2.79. The summed E-state index contributed by atoms with van der Waals surface area (Å²) in [6, 6.07) is 6.70. The van der Waals surface area contributed by atoms with Crippen molar-refractivity contribution in [3.8, 4) is 0 Å². The molecular weight excluding hydrogens is 276 g/mol. The molecule has 6 nitrogen and oxygen atoms in total. The molecule has 0 spiro atoms. The molecule has 0 aromatic heterocycles. The Hall–Kier alpha value is -1.12. The number of hydrogen-bond acceptors (Lipinski definition) is 5. The van der Waals surface area contributed by atoms with Gasteiger partial charge in [0.2, 0.25) is 10.0 Å². The van der Waals surface area contributed by atoms with Gasteiger partial charge < -0.3 is 5.32 Å². The first kappa shape index (κ1) is 14.9. The van der Waals surface area contributed by atoms with Crippen LogP contribution in [0.3, 0.4) is 0 Å². The van der Waals surface area contributed by atoms with E-state index in [1.54, 1.807) is 24.3 Å². The Morgan fingerprint density at radius 1 is 1.06 bits per heavy atom.